The number of rotatable bonds is 1. The van der Waals surface area contributed by atoms with Crippen molar-refractivity contribution in [3.8, 4) is 0 Å². The summed E-state index contributed by atoms with van der Waals surface area (Å²) in [5, 5.41) is 10.1. The van der Waals surface area contributed by atoms with E-state index >= 15 is 0 Å². The maximum Gasteiger partial charge on any atom is 0.130 e. The minimum absolute atomic E-state index is 0.108. The molecule has 25 heavy (non-hydrogen) atoms. The lowest BCUT2D eigenvalue weighted by Crippen LogP contribution is -2.49. The van der Waals surface area contributed by atoms with Gasteiger partial charge in [0.1, 0.15) is 5.76 Å². The number of furan rings is 1. The summed E-state index contributed by atoms with van der Waals surface area (Å²) in [6.45, 7) is 4.99. The first-order chi connectivity index (χ1) is 12.0. The van der Waals surface area contributed by atoms with Gasteiger partial charge in [0.25, 0.3) is 0 Å². The summed E-state index contributed by atoms with van der Waals surface area (Å²) in [6.07, 6.45) is 14.8. The van der Waals surface area contributed by atoms with E-state index in [4.69, 9.17) is 4.42 Å². The molecule has 4 aliphatic carbocycles. The van der Waals surface area contributed by atoms with Crippen molar-refractivity contribution in [1.29, 1.82) is 0 Å². The third-order valence-electron chi connectivity index (χ3n) is 8.45. The highest BCUT2D eigenvalue weighted by atomic mass is 16.3. The third kappa shape index (κ3) is 2.13. The zero-order valence-electron chi connectivity index (χ0n) is 15.5. The molecule has 2 fully saturated rings. The van der Waals surface area contributed by atoms with Crippen molar-refractivity contribution in [2.45, 2.75) is 64.9 Å². The van der Waals surface area contributed by atoms with E-state index < -0.39 is 0 Å². The Morgan fingerprint density at radius 3 is 2.68 bits per heavy atom. The molecule has 4 unspecified atom stereocenters. The first-order valence-corrected chi connectivity index (χ1v) is 10.1. The molecule has 0 aliphatic heterocycles. The van der Waals surface area contributed by atoms with Crippen LogP contribution in [0.5, 0.6) is 0 Å². The molecule has 0 amide bonds. The molecule has 0 bridgehead atoms. The van der Waals surface area contributed by atoms with Crippen LogP contribution in [0.1, 0.15) is 64.6 Å². The molecule has 0 aromatic carbocycles. The van der Waals surface area contributed by atoms with Gasteiger partial charge in [-0.3, -0.25) is 0 Å². The summed E-state index contributed by atoms with van der Waals surface area (Å²) in [6, 6.07) is 4.15. The van der Waals surface area contributed by atoms with Crippen LogP contribution in [0.4, 0.5) is 0 Å². The standard InChI is InChI=1S/C23H30O2/c1-22-11-9-16(24)14-15(22)5-6-17-18-7-8-20(21-4-3-13-25-21)23(18,2)12-10-19(17)22/h3-5,8,13,16-19,24H,6-7,9-12,14H2,1-2H3/t16?,17?,18?,19?,22-,23-/m0/s1. The van der Waals surface area contributed by atoms with E-state index in [-0.39, 0.29) is 11.5 Å². The molecule has 134 valence electrons. The van der Waals surface area contributed by atoms with Crippen molar-refractivity contribution in [3.63, 3.8) is 0 Å². The molecular weight excluding hydrogens is 308 g/mol. The number of aliphatic hydroxyl groups is 1. The van der Waals surface area contributed by atoms with Crippen LogP contribution in [0.2, 0.25) is 0 Å². The Labute approximate surface area is 151 Å². The smallest absolute Gasteiger partial charge is 0.130 e. The molecular formula is C23H30O2. The van der Waals surface area contributed by atoms with Gasteiger partial charge in [-0.2, -0.15) is 0 Å². The lowest BCUT2D eigenvalue weighted by molar-refractivity contribution is -0.0241. The van der Waals surface area contributed by atoms with Crippen molar-refractivity contribution in [2.24, 2.45) is 28.6 Å². The van der Waals surface area contributed by atoms with Gasteiger partial charge < -0.3 is 9.52 Å². The molecule has 2 saturated carbocycles. The average Bonchev–Trinajstić information content (AvgIpc) is 3.22. The Morgan fingerprint density at radius 1 is 1.04 bits per heavy atom. The number of aliphatic hydroxyl groups excluding tert-OH is 1. The largest absolute Gasteiger partial charge is 0.465 e. The monoisotopic (exact) mass is 338 g/mol. The fraction of sp³-hybridized carbons (Fsp3) is 0.652. The molecule has 0 radical (unpaired) electrons. The summed E-state index contributed by atoms with van der Waals surface area (Å²) in [4.78, 5) is 0. The number of hydrogen-bond acceptors (Lipinski definition) is 2. The molecule has 0 saturated heterocycles. The zero-order chi connectivity index (χ0) is 17.2. The zero-order valence-corrected chi connectivity index (χ0v) is 15.5. The normalized spacial score (nSPS) is 45.9. The van der Waals surface area contributed by atoms with Gasteiger partial charge in [0.05, 0.1) is 12.4 Å². The van der Waals surface area contributed by atoms with Gasteiger partial charge in [-0.05, 0) is 91.2 Å². The second kappa shape index (κ2) is 5.36. The van der Waals surface area contributed by atoms with E-state index in [0.717, 1.165) is 36.4 Å². The highest BCUT2D eigenvalue weighted by Gasteiger charge is 2.57. The highest BCUT2D eigenvalue weighted by Crippen LogP contribution is 2.66. The second-order valence-corrected chi connectivity index (χ2v) is 9.44. The second-order valence-electron chi connectivity index (χ2n) is 9.44. The molecule has 2 heteroatoms. The molecule has 1 aromatic rings. The minimum Gasteiger partial charge on any atom is -0.465 e. The van der Waals surface area contributed by atoms with Gasteiger partial charge in [0, 0.05) is 0 Å². The average molecular weight is 338 g/mol. The molecule has 1 aromatic heterocycles. The van der Waals surface area contributed by atoms with Crippen LogP contribution in [0.15, 0.2) is 40.5 Å². The minimum atomic E-state index is -0.108. The fourth-order valence-electron chi connectivity index (χ4n) is 7.02. The Kier molecular flexibility index (Phi) is 3.42. The molecule has 1 heterocycles. The quantitative estimate of drug-likeness (QED) is 0.676. The predicted molar refractivity (Wildman–Crippen MR) is 99.8 cm³/mol. The topological polar surface area (TPSA) is 33.4 Å². The molecule has 4 aliphatic rings. The summed E-state index contributed by atoms with van der Waals surface area (Å²) in [5.41, 5.74) is 3.62. The first kappa shape index (κ1) is 15.9. The van der Waals surface area contributed by atoms with Crippen molar-refractivity contribution in [2.75, 3.05) is 0 Å². The van der Waals surface area contributed by atoms with Crippen LogP contribution in [-0.2, 0) is 0 Å². The molecule has 6 atom stereocenters. The summed E-state index contributed by atoms with van der Waals surface area (Å²) in [7, 11) is 0. The van der Waals surface area contributed by atoms with E-state index in [9.17, 15) is 5.11 Å². The van der Waals surface area contributed by atoms with Crippen molar-refractivity contribution in [1.82, 2.24) is 0 Å². The fourth-order valence-corrected chi connectivity index (χ4v) is 7.02. The maximum absolute atomic E-state index is 10.1. The number of hydrogen-bond donors (Lipinski definition) is 1. The van der Waals surface area contributed by atoms with Gasteiger partial charge in [-0.25, -0.2) is 0 Å². The van der Waals surface area contributed by atoms with Crippen LogP contribution < -0.4 is 0 Å². The molecule has 5 rings (SSSR count). The van der Waals surface area contributed by atoms with E-state index in [2.05, 4.69) is 32.1 Å². The van der Waals surface area contributed by atoms with Gasteiger partial charge in [0.15, 0.2) is 0 Å². The van der Waals surface area contributed by atoms with Gasteiger partial charge >= 0.3 is 0 Å². The van der Waals surface area contributed by atoms with E-state index in [1.807, 2.05) is 12.3 Å². The number of fused-ring (bicyclic) bond motifs is 5. The predicted octanol–water partition coefficient (Wildman–Crippen LogP) is 5.60. The van der Waals surface area contributed by atoms with Crippen molar-refractivity contribution in [3.05, 3.63) is 41.9 Å². The van der Waals surface area contributed by atoms with E-state index in [1.165, 1.54) is 37.7 Å². The Morgan fingerprint density at radius 2 is 1.88 bits per heavy atom. The highest BCUT2D eigenvalue weighted by molar-refractivity contribution is 5.69. The maximum atomic E-state index is 10.1. The lowest BCUT2D eigenvalue weighted by Gasteiger charge is -2.57. The van der Waals surface area contributed by atoms with Crippen LogP contribution in [0.25, 0.3) is 5.57 Å². The van der Waals surface area contributed by atoms with Crippen molar-refractivity contribution < 1.29 is 9.52 Å². The third-order valence-corrected chi connectivity index (χ3v) is 8.45. The Hall–Kier alpha value is -1.28. The van der Waals surface area contributed by atoms with Gasteiger partial charge in [0.2, 0.25) is 0 Å². The number of allylic oxidation sites excluding steroid dienone is 3. The summed E-state index contributed by atoms with van der Waals surface area (Å²) in [5.74, 6) is 3.41. The van der Waals surface area contributed by atoms with Crippen LogP contribution >= 0.6 is 0 Å². The summed E-state index contributed by atoms with van der Waals surface area (Å²) < 4.78 is 5.78. The van der Waals surface area contributed by atoms with Crippen LogP contribution in [-0.4, -0.2) is 11.2 Å². The molecule has 0 spiro atoms. The summed E-state index contributed by atoms with van der Waals surface area (Å²) >= 11 is 0. The SMILES string of the molecule is C[C@]12CCC(O)CC1=CCC1C2CC[C@]2(C)C(c3ccco3)=CCC12. The van der Waals surface area contributed by atoms with Crippen LogP contribution in [0, 0.1) is 28.6 Å². The van der Waals surface area contributed by atoms with Crippen LogP contribution in [0.3, 0.4) is 0 Å². The van der Waals surface area contributed by atoms with E-state index in [1.54, 1.807) is 5.57 Å². The van der Waals surface area contributed by atoms with Crippen molar-refractivity contribution >= 4 is 5.57 Å². The Bertz CT molecular complexity index is 727. The van der Waals surface area contributed by atoms with E-state index in [0.29, 0.717) is 5.41 Å². The molecule has 2 nitrogen and oxygen atoms in total. The first-order valence-electron chi connectivity index (χ1n) is 10.1. The Balaban J connectivity index is 1.48. The van der Waals surface area contributed by atoms with Gasteiger partial charge in [-0.15, -0.1) is 0 Å². The lowest BCUT2D eigenvalue weighted by atomic mass is 9.47. The van der Waals surface area contributed by atoms with Gasteiger partial charge in [-0.1, -0.05) is 31.6 Å². The molecule has 1 N–H and O–H groups in total.